The number of phenols is 2. The summed E-state index contributed by atoms with van der Waals surface area (Å²) in [6.07, 6.45) is -3.87. The summed E-state index contributed by atoms with van der Waals surface area (Å²) < 4.78 is 22.9. The quantitative estimate of drug-likeness (QED) is 0.144. The number of nitrogens with one attached hydrogen (secondary N) is 1. The third kappa shape index (κ3) is 7.45. The van der Waals surface area contributed by atoms with E-state index in [1.54, 1.807) is 32.3 Å². The number of fused-ring (bicyclic) bond motifs is 1. The van der Waals surface area contributed by atoms with Crippen LogP contribution in [0.4, 0.5) is 0 Å². The van der Waals surface area contributed by atoms with Crippen LogP contribution in [-0.4, -0.2) is 106 Å². The predicted octanol–water partition coefficient (Wildman–Crippen LogP) is 1.52. The van der Waals surface area contributed by atoms with Crippen molar-refractivity contribution in [3.63, 3.8) is 0 Å². The Bertz CT molecular complexity index is 1370. The van der Waals surface area contributed by atoms with Gasteiger partial charge in [0.1, 0.15) is 29.3 Å². The van der Waals surface area contributed by atoms with Crippen LogP contribution in [0.25, 0.3) is 0 Å². The summed E-state index contributed by atoms with van der Waals surface area (Å²) in [4.78, 5) is 29.9. The van der Waals surface area contributed by atoms with Crippen molar-refractivity contribution in [1.82, 2.24) is 10.3 Å². The first kappa shape index (κ1) is 35.5. The number of nitrogens with zero attached hydrogens (tertiary/aromatic N) is 1. The molecule has 1 saturated heterocycles. The van der Waals surface area contributed by atoms with E-state index < -0.39 is 72.2 Å². The normalized spacial score (nSPS) is 25.8. The molecule has 0 spiro atoms. The van der Waals surface area contributed by atoms with Crippen molar-refractivity contribution in [1.29, 1.82) is 0 Å². The smallest absolute Gasteiger partial charge is 0.342 e. The van der Waals surface area contributed by atoms with Gasteiger partial charge in [-0.25, -0.2) is 4.79 Å². The molecule has 0 aliphatic carbocycles. The van der Waals surface area contributed by atoms with E-state index in [2.05, 4.69) is 10.3 Å². The lowest BCUT2D eigenvalue weighted by molar-refractivity contribution is -0.217. The summed E-state index contributed by atoms with van der Waals surface area (Å²) in [5.74, 6) is -2.59. The SMILES string of the molecule is CO[C@@H](Cc1cccnc1)[C@H](O)C(=O)N[C@@H](OC)[C@@H]1C[C@@H](O)C(C)(C)[C@@H](C[C@H](O)[C@@H](C)[C@H]2Cc3c(C)c(O)cc(O)c3C(=O)O2)O1. The first-order valence-corrected chi connectivity index (χ1v) is 15.4. The Kier molecular flexibility index (Phi) is 11.3. The van der Waals surface area contributed by atoms with Crippen molar-refractivity contribution in [3.8, 4) is 11.5 Å². The highest BCUT2D eigenvalue weighted by molar-refractivity contribution is 5.96. The fourth-order valence-corrected chi connectivity index (χ4v) is 6.21. The van der Waals surface area contributed by atoms with Crippen LogP contribution in [0, 0.1) is 18.3 Å². The Labute approximate surface area is 268 Å². The van der Waals surface area contributed by atoms with Crippen molar-refractivity contribution in [2.45, 2.75) is 102 Å². The van der Waals surface area contributed by atoms with Gasteiger partial charge in [0.05, 0.1) is 24.4 Å². The minimum Gasteiger partial charge on any atom is -0.508 e. The number of aliphatic hydroxyl groups is 3. The first-order chi connectivity index (χ1) is 21.7. The third-order valence-electron chi connectivity index (χ3n) is 9.63. The lowest BCUT2D eigenvalue weighted by atomic mass is 9.73. The molecule has 0 bridgehead atoms. The number of hydrogen-bond acceptors (Lipinski definition) is 12. The third-order valence-corrected chi connectivity index (χ3v) is 9.63. The monoisotopic (exact) mass is 646 g/mol. The van der Waals surface area contributed by atoms with Gasteiger partial charge in [-0.1, -0.05) is 26.8 Å². The topological polar surface area (TPSA) is 197 Å². The number of aromatic nitrogens is 1. The van der Waals surface area contributed by atoms with Crippen LogP contribution in [0.1, 0.15) is 60.7 Å². The van der Waals surface area contributed by atoms with Crippen LogP contribution in [0.2, 0.25) is 0 Å². The van der Waals surface area contributed by atoms with Gasteiger partial charge in [-0.05, 0) is 29.7 Å². The molecule has 0 unspecified atom stereocenters. The molecule has 1 aromatic heterocycles. The maximum Gasteiger partial charge on any atom is 0.342 e. The number of esters is 1. The zero-order valence-electron chi connectivity index (χ0n) is 27.0. The van der Waals surface area contributed by atoms with E-state index in [4.69, 9.17) is 18.9 Å². The minimum absolute atomic E-state index is 0.00242. The number of amides is 1. The molecule has 3 heterocycles. The van der Waals surface area contributed by atoms with Crippen LogP contribution < -0.4 is 5.32 Å². The number of aromatic hydroxyl groups is 2. The van der Waals surface area contributed by atoms with Crippen molar-refractivity contribution in [3.05, 3.63) is 52.8 Å². The number of carbonyl (C=O) groups excluding carboxylic acids is 2. The van der Waals surface area contributed by atoms with Gasteiger partial charge in [-0.15, -0.1) is 0 Å². The van der Waals surface area contributed by atoms with Crippen LogP contribution in [0.15, 0.2) is 30.6 Å². The lowest BCUT2D eigenvalue weighted by Crippen LogP contribution is -2.59. The van der Waals surface area contributed by atoms with E-state index >= 15 is 0 Å². The number of ether oxygens (including phenoxy) is 4. The molecule has 6 N–H and O–H groups in total. The average molecular weight is 647 g/mol. The van der Waals surface area contributed by atoms with Crippen LogP contribution in [0.3, 0.4) is 0 Å². The fraction of sp³-hybridized carbons (Fsp3) is 0.606. The summed E-state index contributed by atoms with van der Waals surface area (Å²) in [6.45, 7) is 7.00. The Hall–Kier alpha value is -3.33. The highest BCUT2D eigenvalue weighted by atomic mass is 16.6. The number of carbonyl (C=O) groups is 2. The van der Waals surface area contributed by atoms with Gasteiger partial charge in [0.2, 0.25) is 0 Å². The fourth-order valence-electron chi connectivity index (χ4n) is 6.21. The molecule has 1 amide bonds. The molecule has 2 aromatic rings. The number of rotatable bonds is 12. The molecular formula is C33H46N2O11. The maximum absolute atomic E-state index is 13.1. The van der Waals surface area contributed by atoms with Crippen molar-refractivity contribution < 1.29 is 54.1 Å². The highest BCUT2D eigenvalue weighted by Crippen LogP contribution is 2.42. The summed E-state index contributed by atoms with van der Waals surface area (Å²) in [7, 11) is 2.77. The molecular weight excluding hydrogens is 600 g/mol. The second-order valence-electron chi connectivity index (χ2n) is 12.9. The Balaban J connectivity index is 1.43. The number of cyclic esters (lactones) is 1. The Morgan fingerprint density at radius 1 is 1.17 bits per heavy atom. The molecule has 0 radical (unpaired) electrons. The molecule has 4 rings (SSSR count). The average Bonchev–Trinajstić information content (AvgIpc) is 3.02. The number of pyridine rings is 1. The van der Waals surface area contributed by atoms with Gasteiger partial charge in [-0.3, -0.25) is 9.78 Å². The van der Waals surface area contributed by atoms with Crippen LogP contribution >= 0.6 is 0 Å². The van der Waals surface area contributed by atoms with E-state index in [0.29, 0.717) is 11.1 Å². The van der Waals surface area contributed by atoms with Gasteiger partial charge < -0.3 is 49.8 Å². The highest BCUT2D eigenvalue weighted by Gasteiger charge is 2.48. The largest absolute Gasteiger partial charge is 0.508 e. The zero-order valence-corrected chi connectivity index (χ0v) is 27.0. The standard InChI is InChI=1S/C33H46N2O11/c1-16-19-11-23(46-32(42)28(19)22(38)12-20(16)36)17(2)21(37)13-27-33(3,4)26(39)14-25(45-27)31(44-6)35-30(41)29(40)24(43-5)10-18-8-7-9-34-15-18/h7-9,12,15,17,21,23-27,29,31,36-40H,10-11,13-14H2,1-6H3,(H,35,41)/t17-,21+,23-,24+,25+,26-,27-,29+,31+/m1/s1. The summed E-state index contributed by atoms with van der Waals surface area (Å²) in [5.41, 5.74) is 0.876. The number of aliphatic hydroxyl groups excluding tert-OH is 3. The maximum atomic E-state index is 13.1. The van der Waals surface area contributed by atoms with Gasteiger partial charge >= 0.3 is 5.97 Å². The molecule has 0 saturated carbocycles. The first-order valence-electron chi connectivity index (χ1n) is 15.4. The second kappa shape index (κ2) is 14.6. The second-order valence-corrected chi connectivity index (χ2v) is 12.9. The van der Waals surface area contributed by atoms with Gasteiger partial charge in [-0.2, -0.15) is 0 Å². The van der Waals surface area contributed by atoms with Gasteiger partial charge in [0, 0.05) is 69.7 Å². The number of methoxy groups -OCH3 is 2. The number of phenolic OH excluding ortho intramolecular Hbond substituents is 2. The minimum atomic E-state index is -1.54. The van der Waals surface area contributed by atoms with Crippen molar-refractivity contribution in [2.24, 2.45) is 11.3 Å². The summed E-state index contributed by atoms with van der Waals surface area (Å²) in [6, 6.07) is 4.66. The lowest BCUT2D eigenvalue weighted by Gasteiger charge is -2.48. The van der Waals surface area contributed by atoms with Gasteiger partial charge in [0.15, 0.2) is 12.3 Å². The van der Waals surface area contributed by atoms with Crippen LogP contribution in [-0.2, 0) is 36.6 Å². The molecule has 2 aliphatic rings. The number of benzene rings is 1. The predicted molar refractivity (Wildman–Crippen MR) is 164 cm³/mol. The van der Waals surface area contributed by atoms with E-state index in [1.807, 2.05) is 19.9 Å². The van der Waals surface area contributed by atoms with Crippen LogP contribution in [0.5, 0.6) is 11.5 Å². The molecule has 1 fully saturated rings. The molecule has 46 heavy (non-hydrogen) atoms. The number of hydrogen-bond donors (Lipinski definition) is 6. The molecule has 1 aromatic carbocycles. The summed E-state index contributed by atoms with van der Waals surface area (Å²) in [5, 5.41) is 56.4. The van der Waals surface area contributed by atoms with E-state index in [-0.39, 0.29) is 42.7 Å². The van der Waals surface area contributed by atoms with Gasteiger partial charge in [0.25, 0.3) is 5.91 Å². The molecule has 9 atom stereocenters. The molecule has 13 heteroatoms. The van der Waals surface area contributed by atoms with Crippen molar-refractivity contribution >= 4 is 11.9 Å². The van der Waals surface area contributed by atoms with E-state index in [9.17, 15) is 35.1 Å². The molecule has 13 nitrogen and oxygen atoms in total. The zero-order chi connectivity index (χ0) is 33.9. The molecule has 2 aliphatic heterocycles. The Morgan fingerprint density at radius 2 is 1.89 bits per heavy atom. The van der Waals surface area contributed by atoms with E-state index in [0.717, 1.165) is 11.6 Å². The van der Waals surface area contributed by atoms with Crippen molar-refractivity contribution in [2.75, 3.05) is 14.2 Å². The molecule has 254 valence electrons. The summed E-state index contributed by atoms with van der Waals surface area (Å²) >= 11 is 0. The Morgan fingerprint density at radius 3 is 2.52 bits per heavy atom. The van der Waals surface area contributed by atoms with E-state index in [1.165, 1.54) is 14.2 Å².